The van der Waals surface area contributed by atoms with E-state index in [1.54, 1.807) is 12.4 Å². The van der Waals surface area contributed by atoms with E-state index >= 15 is 0 Å². The van der Waals surface area contributed by atoms with Crippen LogP contribution in [-0.4, -0.2) is 45.9 Å². The van der Waals surface area contributed by atoms with Crippen molar-refractivity contribution in [1.82, 2.24) is 19.9 Å². The molecule has 0 aliphatic carbocycles. The average Bonchev–Trinajstić information content (AvgIpc) is 3.20. The number of nitrogens with zero attached hydrogens (tertiary/aromatic N) is 4. The lowest BCUT2D eigenvalue weighted by molar-refractivity contribution is 0.0675. The fraction of sp³-hybridized carbons (Fsp3) is 0.280. The summed E-state index contributed by atoms with van der Waals surface area (Å²) in [7, 11) is 1.85. The van der Waals surface area contributed by atoms with Gasteiger partial charge in [0.05, 0.1) is 5.69 Å². The molecule has 32 heavy (non-hydrogen) atoms. The summed E-state index contributed by atoms with van der Waals surface area (Å²) in [5.41, 5.74) is 3.44. The lowest BCUT2D eigenvalue weighted by Crippen LogP contribution is -2.39. The Bertz CT molecular complexity index is 1270. The fourth-order valence-corrected chi connectivity index (χ4v) is 4.35. The number of aromatic nitrogens is 3. The average molecular weight is 428 g/mol. The Balaban J connectivity index is 1.43. The highest BCUT2D eigenvalue weighted by Gasteiger charge is 2.30. The minimum Gasteiger partial charge on any atom is -0.451 e. The van der Waals surface area contributed by atoms with Crippen LogP contribution in [0, 0.1) is 6.92 Å². The molecule has 3 aromatic heterocycles. The number of aryl methyl sites for hydroxylation is 1. The molecule has 1 saturated heterocycles. The number of carbonyl (C=O) groups is 1. The van der Waals surface area contributed by atoms with Crippen LogP contribution in [0.25, 0.3) is 22.4 Å². The van der Waals surface area contributed by atoms with Crippen LogP contribution in [-0.2, 0) is 0 Å². The van der Waals surface area contributed by atoms with Gasteiger partial charge in [0.2, 0.25) is 0 Å². The van der Waals surface area contributed by atoms with E-state index in [1.807, 2.05) is 61.3 Å². The van der Waals surface area contributed by atoms with Crippen LogP contribution in [0.4, 0.5) is 5.82 Å². The Morgan fingerprint density at radius 3 is 2.84 bits per heavy atom. The predicted octanol–water partition coefficient (Wildman–Crippen LogP) is 4.65. The summed E-state index contributed by atoms with van der Waals surface area (Å²) in [6.45, 7) is 3.26. The fourth-order valence-electron chi connectivity index (χ4n) is 4.35. The Labute approximate surface area is 186 Å². The maximum Gasteiger partial charge on any atom is 0.289 e. The van der Waals surface area contributed by atoms with E-state index in [1.165, 1.54) is 0 Å². The number of nitrogens with one attached hydrogen (secondary N) is 1. The van der Waals surface area contributed by atoms with Crippen molar-refractivity contribution in [2.75, 3.05) is 25.5 Å². The van der Waals surface area contributed by atoms with Crippen LogP contribution in [0.1, 0.15) is 40.6 Å². The van der Waals surface area contributed by atoms with Crippen molar-refractivity contribution in [2.45, 2.75) is 25.7 Å². The van der Waals surface area contributed by atoms with E-state index in [0.717, 1.165) is 46.4 Å². The van der Waals surface area contributed by atoms with Crippen molar-refractivity contribution < 1.29 is 9.21 Å². The number of pyridine rings is 1. The highest BCUT2D eigenvalue weighted by atomic mass is 16.3. The van der Waals surface area contributed by atoms with Crippen LogP contribution in [0.3, 0.4) is 0 Å². The molecule has 7 nitrogen and oxygen atoms in total. The lowest BCUT2D eigenvalue weighted by atomic mass is 9.94. The quantitative estimate of drug-likeness (QED) is 0.510. The second kappa shape index (κ2) is 8.42. The van der Waals surface area contributed by atoms with Gasteiger partial charge in [0.25, 0.3) is 5.91 Å². The summed E-state index contributed by atoms with van der Waals surface area (Å²) in [5.74, 6) is 1.89. The van der Waals surface area contributed by atoms with Gasteiger partial charge in [-0.05, 0) is 38.0 Å². The number of amides is 1. The number of rotatable bonds is 4. The molecule has 0 radical (unpaired) electrons. The number of carbonyl (C=O) groups excluding carboxylic acids is 1. The zero-order valence-electron chi connectivity index (χ0n) is 18.2. The second-order valence-corrected chi connectivity index (χ2v) is 8.14. The molecule has 0 saturated carbocycles. The van der Waals surface area contributed by atoms with Crippen LogP contribution >= 0.6 is 0 Å². The molecule has 7 heteroatoms. The van der Waals surface area contributed by atoms with E-state index < -0.39 is 0 Å². The van der Waals surface area contributed by atoms with Gasteiger partial charge in [-0.1, -0.05) is 18.2 Å². The van der Waals surface area contributed by atoms with Gasteiger partial charge in [-0.3, -0.25) is 9.78 Å². The largest absolute Gasteiger partial charge is 0.451 e. The van der Waals surface area contributed by atoms with Gasteiger partial charge in [0, 0.05) is 61.0 Å². The molecule has 1 amide bonds. The number of piperidine rings is 1. The molecule has 1 fully saturated rings. The highest BCUT2D eigenvalue weighted by molar-refractivity contribution is 5.99. The van der Waals surface area contributed by atoms with Crippen molar-refractivity contribution in [3.63, 3.8) is 0 Å². The number of furan rings is 1. The Morgan fingerprint density at radius 1 is 1.19 bits per heavy atom. The smallest absolute Gasteiger partial charge is 0.289 e. The molecule has 5 rings (SSSR count). The normalized spacial score (nSPS) is 16.3. The molecule has 1 aromatic carbocycles. The van der Waals surface area contributed by atoms with Crippen molar-refractivity contribution >= 4 is 22.7 Å². The third-order valence-corrected chi connectivity index (χ3v) is 6.09. The van der Waals surface area contributed by atoms with Crippen molar-refractivity contribution in [1.29, 1.82) is 0 Å². The Hall–Kier alpha value is -3.74. The van der Waals surface area contributed by atoms with E-state index in [9.17, 15) is 4.79 Å². The summed E-state index contributed by atoms with van der Waals surface area (Å²) in [5, 5.41) is 4.12. The number of hydrogen-bond acceptors (Lipinski definition) is 6. The summed E-state index contributed by atoms with van der Waals surface area (Å²) >= 11 is 0. The molecule has 4 aromatic rings. The zero-order valence-corrected chi connectivity index (χ0v) is 18.2. The molecular weight excluding hydrogens is 402 g/mol. The number of para-hydroxylation sites is 1. The molecule has 1 atom stereocenters. The van der Waals surface area contributed by atoms with Gasteiger partial charge in [-0.15, -0.1) is 0 Å². The number of anilines is 1. The van der Waals surface area contributed by atoms with Gasteiger partial charge in [-0.25, -0.2) is 9.97 Å². The van der Waals surface area contributed by atoms with Gasteiger partial charge >= 0.3 is 0 Å². The molecule has 0 spiro atoms. The van der Waals surface area contributed by atoms with Gasteiger partial charge in [0.15, 0.2) is 11.6 Å². The number of likely N-dealkylation sites (tertiary alicyclic amines) is 1. The van der Waals surface area contributed by atoms with E-state index in [-0.39, 0.29) is 11.8 Å². The third kappa shape index (κ3) is 3.70. The monoisotopic (exact) mass is 427 g/mol. The van der Waals surface area contributed by atoms with Crippen molar-refractivity contribution in [2.24, 2.45) is 0 Å². The molecule has 1 unspecified atom stereocenters. The van der Waals surface area contributed by atoms with Gasteiger partial charge < -0.3 is 14.6 Å². The van der Waals surface area contributed by atoms with Crippen molar-refractivity contribution in [3.05, 3.63) is 71.9 Å². The minimum atomic E-state index is -0.0567. The first kappa shape index (κ1) is 20.2. The standard InChI is InChI=1S/C25H25N5O2/c1-16-19-9-3-4-10-21(19)32-23(16)25(31)30-12-6-8-18(15-30)20-13-22(26-2)29-24(28-20)17-7-5-11-27-14-17/h3-5,7,9-11,13-14,18H,6,8,12,15H2,1-2H3,(H,26,28,29). The molecule has 4 heterocycles. The summed E-state index contributed by atoms with van der Waals surface area (Å²) < 4.78 is 5.93. The van der Waals surface area contributed by atoms with Gasteiger partial charge in [-0.2, -0.15) is 0 Å². The third-order valence-electron chi connectivity index (χ3n) is 6.09. The number of hydrogen-bond donors (Lipinski definition) is 1. The van der Waals surface area contributed by atoms with Crippen LogP contribution < -0.4 is 5.32 Å². The molecule has 1 aliphatic heterocycles. The predicted molar refractivity (Wildman–Crippen MR) is 124 cm³/mol. The van der Waals surface area contributed by atoms with E-state index in [2.05, 4.69) is 15.3 Å². The first-order valence-electron chi connectivity index (χ1n) is 10.9. The Morgan fingerprint density at radius 2 is 2.06 bits per heavy atom. The molecule has 162 valence electrons. The molecular formula is C25H25N5O2. The first-order chi connectivity index (χ1) is 15.6. The molecule has 1 N–H and O–H groups in total. The SMILES string of the molecule is CNc1cc(C2CCCN(C(=O)c3oc4ccccc4c3C)C2)nc(-c2cccnc2)n1. The van der Waals surface area contributed by atoms with Crippen LogP contribution in [0.2, 0.25) is 0 Å². The van der Waals surface area contributed by atoms with Crippen LogP contribution in [0.5, 0.6) is 0 Å². The Kier molecular flexibility index (Phi) is 5.31. The molecule has 0 bridgehead atoms. The maximum absolute atomic E-state index is 13.4. The second-order valence-electron chi connectivity index (χ2n) is 8.14. The number of fused-ring (bicyclic) bond motifs is 1. The summed E-state index contributed by atoms with van der Waals surface area (Å²) in [6.07, 6.45) is 5.38. The summed E-state index contributed by atoms with van der Waals surface area (Å²) in [4.78, 5) is 28.9. The lowest BCUT2D eigenvalue weighted by Gasteiger charge is -2.32. The van der Waals surface area contributed by atoms with E-state index in [4.69, 9.17) is 9.40 Å². The maximum atomic E-state index is 13.4. The minimum absolute atomic E-state index is 0.0567. The number of benzene rings is 1. The summed E-state index contributed by atoms with van der Waals surface area (Å²) in [6, 6.07) is 13.6. The zero-order chi connectivity index (χ0) is 22.1. The highest BCUT2D eigenvalue weighted by Crippen LogP contribution is 2.31. The van der Waals surface area contributed by atoms with Gasteiger partial charge in [0.1, 0.15) is 11.4 Å². The van der Waals surface area contributed by atoms with Crippen molar-refractivity contribution in [3.8, 4) is 11.4 Å². The van der Waals surface area contributed by atoms with E-state index in [0.29, 0.717) is 24.7 Å². The molecule has 1 aliphatic rings. The topological polar surface area (TPSA) is 84.2 Å². The first-order valence-corrected chi connectivity index (χ1v) is 10.9. The van der Waals surface area contributed by atoms with Crippen LogP contribution in [0.15, 0.2) is 59.3 Å².